The Morgan fingerprint density at radius 1 is 1.24 bits per heavy atom. The highest BCUT2D eigenvalue weighted by molar-refractivity contribution is 9.10. The van der Waals surface area contributed by atoms with Crippen molar-refractivity contribution in [3.8, 4) is 0 Å². The van der Waals surface area contributed by atoms with Crippen LogP contribution in [0.2, 0.25) is 0 Å². The third-order valence-corrected chi connectivity index (χ3v) is 4.48. The van der Waals surface area contributed by atoms with Gasteiger partial charge < -0.3 is 10.2 Å². The summed E-state index contributed by atoms with van der Waals surface area (Å²) in [5.41, 5.74) is 8.84. The highest BCUT2D eigenvalue weighted by Gasteiger charge is 2.23. The van der Waals surface area contributed by atoms with Gasteiger partial charge in [-0.2, -0.15) is 0 Å². The second-order valence-electron chi connectivity index (χ2n) is 5.49. The van der Waals surface area contributed by atoms with E-state index in [0.717, 1.165) is 23.2 Å². The van der Waals surface area contributed by atoms with E-state index in [1.807, 2.05) is 13.0 Å². The molecule has 0 bridgehead atoms. The average molecular weight is 351 g/mol. The maximum absolute atomic E-state index is 6.38. The second-order valence-corrected chi connectivity index (χ2v) is 6.40. The second kappa shape index (κ2) is 7.25. The van der Waals surface area contributed by atoms with E-state index in [-0.39, 0.29) is 12.1 Å². The fraction of sp³-hybridized carbons (Fsp3) is 0.412. The molecule has 0 radical (unpaired) electrons. The Morgan fingerprint density at radius 3 is 2.43 bits per heavy atom. The monoisotopic (exact) mass is 350 g/mol. The van der Waals surface area contributed by atoms with Gasteiger partial charge in [0.05, 0.1) is 6.26 Å². The Labute approximate surface area is 135 Å². The summed E-state index contributed by atoms with van der Waals surface area (Å²) in [6, 6.07) is 10.7. The molecular formula is C17H23BrN2O. The van der Waals surface area contributed by atoms with Crippen LogP contribution in [0.1, 0.15) is 36.3 Å². The van der Waals surface area contributed by atoms with Crippen molar-refractivity contribution in [2.24, 2.45) is 5.73 Å². The highest BCUT2D eigenvalue weighted by Crippen LogP contribution is 2.27. The molecule has 114 valence electrons. The van der Waals surface area contributed by atoms with Gasteiger partial charge in [0, 0.05) is 28.7 Å². The molecule has 0 aliphatic heterocycles. The zero-order valence-electron chi connectivity index (χ0n) is 12.8. The summed E-state index contributed by atoms with van der Waals surface area (Å²) in [4.78, 5) is 2.30. The molecule has 2 unspecified atom stereocenters. The third-order valence-electron chi connectivity index (χ3n) is 3.95. The number of halogens is 1. The normalized spacial score (nSPS) is 14.4. The number of aryl methyl sites for hydroxylation is 1. The first-order valence-corrected chi connectivity index (χ1v) is 8.06. The molecule has 2 N–H and O–H groups in total. The first kappa shape index (κ1) is 16.3. The van der Waals surface area contributed by atoms with E-state index in [2.05, 4.69) is 59.1 Å². The number of nitrogens with zero attached hydrogens (tertiary/aromatic N) is 1. The van der Waals surface area contributed by atoms with Crippen LogP contribution in [0.4, 0.5) is 0 Å². The first-order chi connectivity index (χ1) is 10.0. The van der Waals surface area contributed by atoms with Gasteiger partial charge in [0.1, 0.15) is 5.76 Å². The van der Waals surface area contributed by atoms with E-state index < -0.39 is 0 Å². The Kier molecular flexibility index (Phi) is 5.62. The molecule has 2 aromatic rings. The summed E-state index contributed by atoms with van der Waals surface area (Å²) >= 11 is 3.49. The number of nitrogens with two attached hydrogens (primary N) is 1. The predicted octanol–water partition coefficient (Wildman–Crippen LogP) is 4.26. The molecule has 3 nitrogen and oxygen atoms in total. The van der Waals surface area contributed by atoms with Gasteiger partial charge in [-0.15, -0.1) is 0 Å². The molecule has 1 aromatic carbocycles. The molecular weight excluding hydrogens is 328 g/mol. The fourth-order valence-electron chi connectivity index (χ4n) is 2.65. The Hall–Kier alpha value is -1.10. The summed E-state index contributed by atoms with van der Waals surface area (Å²) in [6.45, 7) is 4.96. The Balaban J connectivity index is 2.23. The fourth-order valence-corrected chi connectivity index (χ4v) is 2.92. The quantitative estimate of drug-likeness (QED) is 0.846. The maximum Gasteiger partial charge on any atom is 0.105 e. The minimum Gasteiger partial charge on any atom is -0.469 e. The Bertz CT molecular complexity index is 564. The van der Waals surface area contributed by atoms with Crippen molar-refractivity contribution in [1.82, 2.24) is 4.90 Å². The van der Waals surface area contributed by atoms with Crippen molar-refractivity contribution in [3.05, 3.63) is 58.0 Å². The molecule has 0 aliphatic carbocycles. The van der Waals surface area contributed by atoms with Crippen molar-refractivity contribution in [2.75, 3.05) is 7.05 Å². The van der Waals surface area contributed by atoms with Crippen LogP contribution in [-0.2, 0) is 6.54 Å². The summed E-state index contributed by atoms with van der Waals surface area (Å²) in [7, 11) is 2.12. The van der Waals surface area contributed by atoms with Gasteiger partial charge in [0.25, 0.3) is 0 Å². The van der Waals surface area contributed by atoms with Crippen molar-refractivity contribution in [2.45, 2.75) is 38.9 Å². The smallest absolute Gasteiger partial charge is 0.105 e. The number of likely N-dealkylation sites (N-methyl/N-ethyl adjacent to an activating group) is 1. The molecule has 1 heterocycles. The van der Waals surface area contributed by atoms with E-state index in [4.69, 9.17) is 10.2 Å². The van der Waals surface area contributed by atoms with Gasteiger partial charge in [-0.1, -0.05) is 35.0 Å². The number of hydrogen-bond donors (Lipinski definition) is 1. The van der Waals surface area contributed by atoms with Crippen LogP contribution in [0.3, 0.4) is 0 Å². The molecule has 0 aliphatic rings. The SMILES string of the molecule is CCC(N)C(c1ccc(Br)cc1)N(C)Cc1ccoc1C. The van der Waals surface area contributed by atoms with Crippen LogP contribution < -0.4 is 5.73 Å². The first-order valence-electron chi connectivity index (χ1n) is 7.27. The third kappa shape index (κ3) is 3.96. The Morgan fingerprint density at radius 2 is 1.90 bits per heavy atom. The molecule has 21 heavy (non-hydrogen) atoms. The zero-order valence-corrected chi connectivity index (χ0v) is 14.4. The maximum atomic E-state index is 6.38. The molecule has 0 fully saturated rings. The minimum absolute atomic E-state index is 0.100. The van der Waals surface area contributed by atoms with Gasteiger partial charge in [-0.25, -0.2) is 0 Å². The molecule has 0 saturated heterocycles. The molecule has 1 aromatic heterocycles. The van der Waals surface area contributed by atoms with Gasteiger partial charge in [0.15, 0.2) is 0 Å². The summed E-state index contributed by atoms with van der Waals surface area (Å²) in [6.07, 6.45) is 2.68. The van der Waals surface area contributed by atoms with Crippen LogP contribution in [0.25, 0.3) is 0 Å². The van der Waals surface area contributed by atoms with Crippen LogP contribution >= 0.6 is 15.9 Å². The summed E-state index contributed by atoms with van der Waals surface area (Å²) in [5.74, 6) is 0.974. The lowest BCUT2D eigenvalue weighted by Gasteiger charge is -2.32. The van der Waals surface area contributed by atoms with E-state index in [1.54, 1.807) is 6.26 Å². The van der Waals surface area contributed by atoms with Gasteiger partial charge in [-0.05, 0) is 44.2 Å². The lowest BCUT2D eigenvalue weighted by atomic mass is 9.96. The number of rotatable bonds is 6. The molecule has 0 spiro atoms. The topological polar surface area (TPSA) is 42.4 Å². The lowest BCUT2D eigenvalue weighted by Crippen LogP contribution is -2.38. The summed E-state index contributed by atoms with van der Waals surface area (Å²) < 4.78 is 6.48. The number of furan rings is 1. The van der Waals surface area contributed by atoms with E-state index in [1.165, 1.54) is 11.1 Å². The van der Waals surface area contributed by atoms with Gasteiger partial charge in [-0.3, -0.25) is 4.90 Å². The van der Waals surface area contributed by atoms with Crippen molar-refractivity contribution in [1.29, 1.82) is 0 Å². The lowest BCUT2D eigenvalue weighted by molar-refractivity contribution is 0.200. The molecule has 0 amide bonds. The van der Waals surface area contributed by atoms with Crippen LogP contribution in [0.5, 0.6) is 0 Å². The molecule has 4 heteroatoms. The summed E-state index contributed by atoms with van der Waals surface area (Å²) in [5, 5.41) is 0. The number of hydrogen-bond acceptors (Lipinski definition) is 3. The minimum atomic E-state index is 0.100. The standard InChI is InChI=1S/C17H23BrN2O/c1-4-16(19)17(13-5-7-15(18)8-6-13)20(3)11-14-9-10-21-12(14)2/h5-10,16-17H,4,11,19H2,1-3H3. The number of benzene rings is 1. The van der Waals surface area contributed by atoms with Gasteiger partial charge >= 0.3 is 0 Å². The van der Waals surface area contributed by atoms with Crippen molar-refractivity contribution in [3.63, 3.8) is 0 Å². The van der Waals surface area contributed by atoms with Crippen molar-refractivity contribution >= 4 is 15.9 Å². The highest BCUT2D eigenvalue weighted by atomic mass is 79.9. The molecule has 2 rings (SSSR count). The van der Waals surface area contributed by atoms with Crippen molar-refractivity contribution < 1.29 is 4.42 Å². The largest absolute Gasteiger partial charge is 0.469 e. The zero-order chi connectivity index (χ0) is 15.4. The average Bonchev–Trinajstić information content (AvgIpc) is 2.86. The molecule has 2 atom stereocenters. The van der Waals surface area contributed by atoms with Crippen LogP contribution in [0.15, 0.2) is 45.5 Å². The predicted molar refractivity (Wildman–Crippen MR) is 90.1 cm³/mol. The van der Waals surface area contributed by atoms with E-state index in [0.29, 0.717) is 0 Å². The van der Waals surface area contributed by atoms with Crippen LogP contribution in [-0.4, -0.2) is 18.0 Å². The van der Waals surface area contributed by atoms with E-state index >= 15 is 0 Å². The molecule has 0 saturated carbocycles. The van der Waals surface area contributed by atoms with E-state index in [9.17, 15) is 0 Å². The van der Waals surface area contributed by atoms with Gasteiger partial charge in [0.2, 0.25) is 0 Å². The van der Waals surface area contributed by atoms with Crippen LogP contribution in [0, 0.1) is 6.92 Å².